The number of amides is 1. The number of piperidine rings is 2. The summed E-state index contributed by atoms with van der Waals surface area (Å²) in [6.45, 7) is 4.85. The Morgan fingerprint density at radius 2 is 1.81 bits per heavy atom. The Bertz CT molecular complexity index is 962. The number of nitrogens with zero attached hydrogens (tertiary/aromatic N) is 2. The number of thiophene rings is 1. The van der Waals surface area contributed by atoms with Crippen molar-refractivity contribution in [3.63, 3.8) is 0 Å². The molecular weight excluding hydrogens is 430 g/mol. The maximum Gasteiger partial charge on any atom is 0.251 e. The summed E-state index contributed by atoms with van der Waals surface area (Å²) in [5.74, 6) is 0.264. The summed E-state index contributed by atoms with van der Waals surface area (Å²) in [6.07, 6.45) is 4.99. The van der Waals surface area contributed by atoms with Gasteiger partial charge in [0.25, 0.3) is 5.91 Å². The zero-order chi connectivity index (χ0) is 21.7. The Morgan fingerprint density at radius 3 is 2.52 bits per heavy atom. The minimum atomic E-state index is -3.53. The molecule has 0 aliphatic carbocycles. The van der Waals surface area contributed by atoms with E-state index in [0.29, 0.717) is 31.1 Å². The van der Waals surface area contributed by atoms with Gasteiger partial charge in [-0.05, 0) is 74.3 Å². The van der Waals surface area contributed by atoms with Crippen LogP contribution in [-0.2, 0) is 16.6 Å². The molecule has 1 aromatic carbocycles. The second-order valence-electron chi connectivity index (χ2n) is 8.50. The summed E-state index contributed by atoms with van der Waals surface area (Å²) >= 11 is 1.80. The third-order valence-electron chi connectivity index (χ3n) is 6.27. The first-order valence-electron chi connectivity index (χ1n) is 11.2. The van der Waals surface area contributed by atoms with Crippen molar-refractivity contribution in [1.82, 2.24) is 14.5 Å². The van der Waals surface area contributed by atoms with Crippen molar-refractivity contribution in [3.05, 3.63) is 52.2 Å². The highest BCUT2D eigenvalue weighted by atomic mass is 32.2. The molecule has 0 unspecified atom stereocenters. The highest BCUT2D eigenvalue weighted by Crippen LogP contribution is 2.22. The van der Waals surface area contributed by atoms with E-state index in [2.05, 4.69) is 27.7 Å². The topological polar surface area (TPSA) is 69.7 Å². The Kier molecular flexibility index (Phi) is 7.43. The zero-order valence-corrected chi connectivity index (χ0v) is 19.5. The van der Waals surface area contributed by atoms with E-state index < -0.39 is 10.0 Å². The SMILES string of the molecule is O=C(NCC1CCN(Cc2cccs2)CC1)c1cccc(S(=O)(=O)N2CCCCC2)c1. The summed E-state index contributed by atoms with van der Waals surface area (Å²) in [7, 11) is -3.53. The van der Waals surface area contributed by atoms with E-state index in [9.17, 15) is 13.2 Å². The second-order valence-corrected chi connectivity index (χ2v) is 11.5. The maximum absolute atomic E-state index is 12.9. The Morgan fingerprint density at radius 1 is 1.03 bits per heavy atom. The van der Waals surface area contributed by atoms with Gasteiger partial charge in [0.05, 0.1) is 4.90 Å². The molecule has 2 aliphatic heterocycles. The van der Waals surface area contributed by atoms with Crippen molar-refractivity contribution in [3.8, 4) is 0 Å². The predicted octanol–water partition coefficient (Wildman–Crippen LogP) is 3.56. The van der Waals surface area contributed by atoms with E-state index in [-0.39, 0.29) is 10.8 Å². The molecule has 2 saturated heterocycles. The van der Waals surface area contributed by atoms with Crippen LogP contribution in [0, 0.1) is 5.92 Å². The molecule has 0 bridgehead atoms. The van der Waals surface area contributed by atoms with Crippen molar-refractivity contribution in [1.29, 1.82) is 0 Å². The van der Waals surface area contributed by atoms with E-state index in [0.717, 1.165) is 51.7 Å². The number of sulfonamides is 1. The van der Waals surface area contributed by atoms with Crippen LogP contribution in [0.2, 0.25) is 0 Å². The molecule has 8 heteroatoms. The molecular formula is C23H31N3O3S2. The number of nitrogens with one attached hydrogen (secondary N) is 1. The van der Waals surface area contributed by atoms with Gasteiger partial charge in [0.15, 0.2) is 0 Å². The fourth-order valence-electron chi connectivity index (χ4n) is 4.36. The molecule has 2 aliphatic rings. The van der Waals surface area contributed by atoms with Crippen LogP contribution in [0.5, 0.6) is 0 Å². The van der Waals surface area contributed by atoms with E-state index in [4.69, 9.17) is 0 Å². The summed E-state index contributed by atoms with van der Waals surface area (Å²) < 4.78 is 27.3. The molecule has 0 radical (unpaired) electrons. The lowest BCUT2D eigenvalue weighted by molar-refractivity contribution is 0.0935. The first-order valence-corrected chi connectivity index (χ1v) is 13.5. The molecule has 0 saturated carbocycles. The quantitative estimate of drug-likeness (QED) is 0.684. The molecule has 1 amide bonds. The maximum atomic E-state index is 12.9. The van der Waals surface area contributed by atoms with Gasteiger partial charge in [-0.15, -0.1) is 11.3 Å². The lowest BCUT2D eigenvalue weighted by Crippen LogP contribution is -2.38. The average Bonchev–Trinajstić information content (AvgIpc) is 3.32. The highest BCUT2D eigenvalue weighted by Gasteiger charge is 2.26. The number of rotatable bonds is 7. The predicted molar refractivity (Wildman–Crippen MR) is 124 cm³/mol. The lowest BCUT2D eigenvalue weighted by Gasteiger charge is -2.31. The van der Waals surface area contributed by atoms with Crippen LogP contribution >= 0.6 is 11.3 Å². The monoisotopic (exact) mass is 461 g/mol. The summed E-state index contributed by atoms with van der Waals surface area (Å²) in [4.78, 5) is 16.8. The van der Waals surface area contributed by atoms with Crippen LogP contribution in [0.25, 0.3) is 0 Å². The van der Waals surface area contributed by atoms with Crippen molar-refractivity contribution < 1.29 is 13.2 Å². The summed E-state index contributed by atoms with van der Waals surface area (Å²) in [5, 5.41) is 5.14. The first kappa shape index (κ1) is 22.5. The molecule has 31 heavy (non-hydrogen) atoms. The highest BCUT2D eigenvalue weighted by molar-refractivity contribution is 7.89. The van der Waals surface area contributed by atoms with Gasteiger partial charge in [-0.1, -0.05) is 18.6 Å². The smallest absolute Gasteiger partial charge is 0.251 e. The molecule has 6 nitrogen and oxygen atoms in total. The van der Waals surface area contributed by atoms with Crippen LogP contribution in [-0.4, -0.2) is 56.3 Å². The number of hydrogen-bond donors (Lipinski definition) is 1. The summed E-state index contributed by atoms with van der Waals surface area (Å²) in [5.41, 5.74) is 0.410. The molecule has 1 aromatic heterocycles. The van der Waals surface area contributed by atoms with Gasteiger partial charge in [0, 0.05) is 36.6 Å². The molecule has 168 valence electrons. The van der Waals surface area contributed by atoms with E-state index in [1.54, 1.807) is 29.5 Å². The largest absolute Gasteiger partial charge is 0.352 e. The minimum Gasteiger partial charge on any atom is -0.352 e. The van der Waals surface area contributed by atoms with Gasteiger partial charge in [0.2, 0.25) is 10.0 Å². The molecule has 0 atom stereocenters. The van der Waals surface area contributed by atoms with E-state index in [1.807, 2.05) is 0 Å². The molecule has 0 spiro atoms. The third-order valence-corrected chi connectivity index (χ3v) is 9.02. The van der Waals surface area contributed by atoms with Crippen molar-refractivity contribution in [2.45, 2.75) is 43.5 Å². The number of hydrogen-bond acceptors (Lipinski definition) is 5. The number of benzene rings is 1. The van der Waals surface area contributed by atoms with E-state index >= 15 is 0 Å². The Hall–Kier alpha value is -1.74. The van der Waals surface area contributed by atoms with Crippen molar-refractivity contribution in [2.24, 2.45) is 5.92 Å². The fraction of sp³-hybridized carbons (Fsp3) is 0.522. The number of carbonyl (C=O) groups excluding carboxylic acids is 1. The van der Waals surface area contributed by atoms with Crippen LogP contribution in [0.3, 0.4) is 0 Å². The third kappa shape index (κ3) is 5.74. The van der Waals surface area contributed by atoms with Crippen LogP contribution in [0.4, 0.5) is 0 Å². The lowest BCUT2D eigenvalue weighted by atomic mass is 9.96. The number of likely N-dealkylation sites (tertiary alicyclic amines) is 1. The van der Waals surface area contributed by atoms with Gasteiger partial charge in [-0.25, -0.2) is 8.42 Å². The zero-order valence-electron chi connectivity index (χ0n) is 17.8. The van der Waals surface area contributed by atoms with Crippen LogP contribution in [0.1, 0.15) is 47.3 Å². The Balaban J connectivity index is 1.29. The Labute approximate surface area is 189 Å². The molecule has 3 heterocycles. The van der Waals surface area contributed by atoms with Crippen LogP contribution in [0.15, 0.2) is 46.7 Å². The average molecular weight is 462 g/mol. The standard InChI is InChI=1S/C23H31N3O3S2/c27-23(24-17-19-9-13-25(14-10-19)18-21-7-5-15-30-21)20-6-4-8-22(16-20)31(28,29)26-11-2-1-3-12-26/h4-8,15-16,19H,1-3,9-14,17-18H2,(H,24,27). The van der Waals surface area contributed by atoms with Crippen LogP contribution < -0.4 is 5.32 Å². The van der Waals surface area contributed by atoms with Crippen molar-refractivity contribution >= 4 is 27.3 Å². The molecule has 4 rings (SSSR count). The normalized spacial score (nSPS) is 19.4. The molecule has 1 N–H and O–H groups in total. The molecule has 2 fully saturated rings. The van der Waals surface area contributed by atoms with Gasteiger partial charge >= 0.3 is 0 Å². The number of carbonyl (C=O) groups is 1. The van der Waals surface area contributed by atoms with Gasteiger partial charge < -0.3 is 5.32 Å². The minimum absolute atomic E-state index is 0.197. The second kappa shape index (κ2) is 10.3. The first-order chi connectivity index (χ1) is 15.0. The van der Waals surface area contributed by atoms with Gasteiger partial charge in [-0.3, -0.25) is 9.69 Å². The van der Waals surface area contributed by atoms with E-state index in [1.165, 1.54) is 15.2 Å². The fourth-order valence-corrected chi connectivity index (χ4v) is 6.67. The summed E-state index contributed by atoms with van der Waals surface area (Å²) in [6, 6.07) is 10.7. The van der Waals surface area contributed by atoms with Gasteiger partial charge in [0.1, 0.15) is 0 Å². The molecule has 2 aromatic rings. The van der Waals surface area contributed by atoms with Crippen molar-refractivity contribution in [2.75, 3.05) is 32.7 Å². The van der Waals surface area contributed by atoms with Gasteiger partial charge in [-0.2, -0.15) is 4.31 Å².